The van der Waals surface area contributed by atoms with E-state index < -0.39 is 0 Å². The molecule has 1 heterocycles. The molecular formula is C10H12NOS. The van der Waals surface area contributed by atoms with Gasteiger partial charge in [0.15, 0.2) is 0 Å². The Kier molecular flexibility index (Phi) is 3.24. The summed E-state index contributed by atoms with van der Waals surface area (Å²) in [5, 5.41) is 4.31. The third-order valence-electron chi connectivity index (χ3n) is 1.84. The fraction of sp³-hybridized carbons (Fsp3) is 0.400. The lowest BCUT2D eigenvalue weighted by Crippen LogP contribution is -2.31. The highest BCUT2D eigenvalue weighted by Gasteiger charge is 2.14. The summed E-state index contributed by atoms with van der Waals surface area (Å²) in [6, 6.07) is 10.3. The topological polar surface area (TPSA) is 23.3 Å². The fourth-order valence-corrected chi connectivity index (χ4v) is 2.18. The summed E-state index contributed by atoms with van der Waals surface area (Å²) < 4.78 is 5.55. The fourth-order valence-electron chi connectivity index (χ4n) is 1.22. The molecule has 1 radical (unpaired) electrons. The smallest absolute Gasteiger partial charge is 0.121 e. The maximum atomic E-state index is 5.55. The summed E-state index contributed by atoms with van der Waals surface area (Å²) in [5.41, 5.74) is 0.219. The van der Waals surface area contributed by atoms with Gasteiger partial charge in [-0.2, -0.15) is 0 Å². The normalized spacial score (nSPS) is 22.9. The van der Waals surface area contributed by atoms with Gasteiger partial charge < -0.3 is 4.74 Å². The Labute approximate surface area is 82.7 Å². The van der Waals surface area contributed by atoms with E-state index in [4.69, 9.17) is 4.74 Å². The minimum atomic E-state index is 0.219. The van der Waals surface area contributed by atoms with E-state index in [2.05, 4.69) is 17.4 Å². The van der Waals surface area contributed by atoms with Gasteiger partial charge in [-0.1, -0.05) is 30.0 Å². The van der Waals surface area contributed by atoms with Crippen LogP contribution in [0.25, 0.3) is 0 Å². The van der Waals surface area contributed by atoms with Crippen molar-refractivity contribution in [3.05, 3.63) is 30.3 Å². The Morgan fingerprint density at radius 2 is 2.15 bits per heavy atom. The zero-order valence-corrected chi connectivity index (χ0v) is 8.17. The molecule has 1 unspecified atom stereocenters. The first kappa shape index (κ1) is 9.06. The van der Waals surface area contributed by atoms with Crippen molar-refractivity contribution in [2.45, 2.75) is 10.3 Å². The van der Waals surface area contributed by atoms with Gasteiger partial charge in [0.1, 0.15) is 5.44 Å². The molecule has 0 aromatic heterocycles. The number of benzene rings is 1. The number of rotatable bonds is 2. The van der Waals surface area contributed by atoms with Crippen molar-refractivity contribution >= 4 is 11.8 Å². The SMILES string of the molecule is c1ccc(SC2C[N]CCO2)cc1. The summed E-state index contributed by atoms with van der Waals surface area (Å²) >= 11 is 1.75. The number of morpholine rings is 1. The van der Waals surface area contributed by atoms with Crippen LogP contribution >= 0.6 is 11.8 Å². The Bertz CT molecular complexity index is 246. The molecule has 1 atom stereocenters. The molecule has 2 rings (SSSR count). The van der Waals surface area contributed by atoms with Gasteiger partial charge in [0, 0.05) is 18.0 Å². The largest absolute Gasteiger partial charge is 0.364 e. The van der Waals surface area contributed by atoms with Gasteiger partial charge >= 0.3 is 0 Å². The molecule has 2 nitrogen and oxygen atoms in total. The minimum absolute atomic E-state index is 0.219. The Morgan fingerprint density at radius 3 is 2.85 bits per heavy atom. The zero-order valence-electron chi connectivity index (χ0n) is 7.35. The van der Waals surface area contributed by atoms with E-state index in [-0.39, 0.29) is 5.44 Å². The summed E-state index contributed by atoms with van der Waals surface area (Å²) in [4.78, 5) is 1.25. The molecule has 1 fully saturated rings. The number of ether oxygens (including phenoxy) is 1. The Hall–Kier alpha value is -0.510. The molecule has 1 aliphatic heterocycles. The van der Waals surface area contributed by atoms with E-state index in [9.17, 15) is 0 Å². The maximum absolute atomic E-state index is 5.55. The zero-order chi connectivity index (χ0) is 8.93. The number of thioether (sulfide) groups is 1. The molecule has 0 saturated carbocycles. The second-order valence-corrected chi connectivity index (χ2v) is 4.09. The van der Waals surface area contributed by atoms with Crippen molar-refractivity contribution in [3.63, 3.8) is 0 Å². The maximum Gasteiger partial charge on any atom is 0.121 e. The van der Waals surface area contributed by atoms with Crippen LogP contribution < -0.4 is 5.32 Å². The van der Waals surface area contributed by atoms with Crippen LogP contribution in [0.3, 0.4) is 0 Å². The standard InChI is InChI=1S/C10H12NOS/c1-2-4-9(5-3-1)13-10-8-11-6-7-12-10/h1-5,10H,6-8H2. The molecule has 0 spiro atoms. The van der Waals surface area contributed by atoms with Crippen molar-refractivity contribution in [3.8, 4) is 0 Å². The lowest BCUT2D eigenvalue weighted by Gasteiger charge is -2.21. The Morgan fingerprint density at radius 1 is 1.31 bits per heavy atom. The average Bonchev–Trinajstić information content (AvgIpc) is 2.21. The molecule has 0 N–H and O–H groups in total. The summed E-state index contributed by atoms with van der Waals surface area (Å²) in [5.74, 6) is 0. The average molecular weight is 194 g/mol. The van der Waals surface area contributed by atoms with Crippen LogP contribution in [0, 0.1) is 0 Å². The monoisotopic (exact) mass is 194 g/mol. The van der Waals surface area contributed by atoms with Crippen LogP contribution in [0.1, 0.15) is 0 Å². The molecule has 0 aliphatic carbocycles. The van der Waals surface area contributed by atoms with E-state index in [1.807, 2.05) is 18.2 Å². The third kappa shape index (κ3) is 2.72. The van der Waals surface area contributed by atoms with Crippen molar-refractivity contribution in [2.75, 3.05) is 19.7 Å². The van der Waals surface area contributed by atoms with Gasteiger partial charge in [0.05, 0.1) is 6.61 Å². The predicted octanol–water partition coefficient (Wildman–Crippen LogP) is 1.74. The molecule has 1 aromatic carbocycles. The van der Waals surface area contributed by atoms with E-state index in [0.717, 1.165) is 19.7 Å². The molecule has 0 bridgehead atoms. The van der Waals surface area contributed by atoms with Gasteiger partial charge in [-0.15, -0.1) is 0 Å². The molecular weight excluding hydrogens is 182 g/mol. The van der Waals surface area contributed by atoms with Crippen molar-refractivity contribution in [2.24, 2.45) is 0 Å². The third-order valence-corrected chi connectivity index (χ3v) is 2.93. The van der Waals surface area contributed by atoms with Crippen molar-refractivity contribution in [1.82, 2.24) is 5.32 Å². The number of hydrogen-bond acceptors (Lipinski definition) is 2. The molecule has 0 amide bonds. The van der Waals surface area contributed by atoms with E-state index >= 15 is 0 Å². The highest BCUT2D eigenvalue weighted by Crippen LogP contribution is 2.24. The highest BCUT2D eigenvalue weighted by atomic mass is 32.2. The summed E-state index contributed by atoms with van der Waals surface area (Å²) in [7, 11) is 0. The van der Waals surface area contributed by atoms with E-state index in [1.54, 1.807) is 11.8 Å². The number of nitrogens with zero attached hydrogens (tertiary/aromatic N) is 1. The Balaban J connectivity index is 1.90. The van der Waals surface area contributed by atoms with Crippen molar-refractivity contribution in [1.29, 1.82) is 0 Å². The van der Waals surface area contributed by atoms with Gasteiger partial charge in [0.2, 0.25) is 0 Å². The first-order chi connectivity index (χ1) is 6.45. The highest BCUT2D eigenvalue weighted by molar-refractivity contribution is 7.99. The molecule has 1 saturated heterocycles. The van der Waals surface area contributed by atoms with Crippen LogP contribution in [0.2, 0.25) is 0 Å². The quantitative estimate of drug-likeness (QED) is 0.716. The first-order valence-electron chi connectivity index (χ1n) is 4.42. The van der Waals surface area contributed by atoms with E-state index in [1.165, 1.54) is 4.90 Å². The second kappa shape index (κ2) is 4.65. The molecule has 1 aromatic rings. The van der Waals surface area contributed by atoms with Crippen LogP contribution in [0.5, 0.6) is 0 Å². The lowest BCUT2D eigenvalue weighted by atomic mass is 10.4. The molecule has 13 heavy (non-hydrogen) atoms. The van der Waals surface area contributed by atoms with Crippen LogP contribution in [0.4, 0.5) is 0 Å². The van der Waals surface area contributed by atoms with E-state index in [0.29, 0.717) is 0 Å². The first-order valence-corrected chi connectivity index (χ1v) is 5.30. The van der Waals surface area contributed by atoms with Crippen molar-refractivity contribution < 1.29 is 4.74 Å². The van der Waals surface area contributed by atoms with Gasteiger partial charge in [0.25, 0.3) is 0 Å². The van der Waals surface area contributed by atoms with Gasteiger partial charge in [-0.25, -0.2) is 5.32 Å². The van der Waals surface area contributed by atoms with Crippen LogP contribution in [-0.4, -0.2) is 25.1 Å². The molecule has 3 heteroatoms. The molecule has 1 aliphatic rings. The van der Waals surface area contributed by atoms with Gasteiger partial charge in [-0.3, -0.25) is 0 Å². The summed E-state index contributed by atoms with van der Waals surface area (Å²) in [6.45, 7) is 2.44. The minimum Gasteiger partial charge on any atom is -0.364 e. The predicted molar refractivity (Wildman–Crippen MR) is 53.9 cm³/mol. The lowest BCUT2D eigenvalue weighted by molar-refractivity contribution is 0.0835. The summed E-state index contributed by atoms with van der Waals surface area (Å²) in [6.07, 6.45) is 0. The van der Waals surface area contributed by atoms with Gasteiger partial charge in [-0.05, 0) is 12.1 Å². The molecule has 69 valence electrons. The van der Waals surface area contributed by atoms with Crippen LogP contribution in [-0.2, 0) is 4.74 Å². The van der Waals surface area contributed by atoms with Crippen LogP contribution in [0.15, 0.2) is 35.2 Å². The second-order valence-electron chi connectivity index (χ2n) is 2.86. The number of hydrogen-bond donors (Lipinski definition) is 0.